The lowest BCUT2D eigenvalue weighted by Crippen LogP contribution is -2.57. The smallest absolute Gasteiger partial charge is 0.408 e. The molecule has 0 spiro atoms. The van der Waals surface area contributed by atoms with Crippen molar-refractivity contribution in [2.75, 3.05) is 0 Å². The Kier molecular flexibility index (Phi) is 6.66. The van der Waals surface area contributed by atoms with E-state index in [1.54, 1.807) is 20.8 Å². The quantitative estimate of drug-likeness (QED) is 0.702. The van der Waals surface area contributed by atoms with E-state index in [0.717, 1.165) is 11.1 Å². The van der Waals surface area contributed by atoms with Crippen molar-refractivity contribution in [1.29, 1.82) is 0 Å². The Morgan fingerprint density at radius 3 is 2.39 bits per heavy atom. The lowest BCUT2D eigenvalue weighted by Gasteiger charge is -2.39. The van der Waals surface area contributed by atoms with E-state index in [-0.39, 0.29) is 13.0 Å². The predicted molar refractivity (Wildman–Crippen MR) is 102 cm³/mol. The molecule has 8 heteroatoms. The van der Waals surface area contributed by atoms with Crippen LogP contribution in [0, 0.1) is 0 Å². The standard InChI is InChI=1S/C20H28N2O6/c1-12(23)17(21-19(27)28-20(2,3)4)18(26)22-11-14-8-6-5-7-13(14)9-15(22)10-16(24)25/h5-8,12,15,17,23H,9-11H2,1-4H3,(H,21,27)(H,24,25)/t12?,15-,17?/m1/s1. The van der Waals surface area contributed by atoms with Gasteiger partial charge in [-0.1, -0.05) is 24.3 Å². The molecule has 0 saturated heterocycles. The lowest BCUT2D eigenvalue weighted by molar-refractivity contribution is -0.144. The van der Waals surface area contributed by atoms with Crippen LogP contribution in [-0.2, 0) is 27.3 Å². The molecule has 0 fully saturated rings. The van der Waals surface area contributed by atoms with Crippen LogP contribution in [0.1, 0.15) is 45.2 Å². The molecule has 1 aromatic carbocycles. The van der Waals surface area contributed by atoms with E-state index >= 15 is 0 Å². The number of carbonyl (C=O) groups excluding carboxylic acids is 2. The van der Waals surface area contributed by atoms with Gasteiger partial charge in [-0.2, -0.15) is 0 Å². The van der Waals surface area contributed by atoms with Gasteiger partial charge in [0.15, 0.2) is 0 Å². The molecule has 8 nitrogen and oxygen atoms in total. The highest BCUT2D eigenvalue weighted by Gasteiger charge is 2.37. The lowest BCUT2D eigenvalue weighted by atomic mass is 9.91. The van der Waals surface area contributed by atoms with Crippen LogP contribution in [0.4, 0.5) is 4.79 Å². The van der Waals surface area contributed by atoms with Crippen molar-refractivity contribution in [3.8, 4) is 0 Å². The summed E-state index contributed by atoms with van der Waals surface area (Å²) in [5.41, 5.74) is 1.15. The molecule has 2 rings (SSSR count). The summed E-state index contributed by atoms with van der Waals surface area (Å²) in [6, 6.07) is 5.71. The van der Waals surface area contributed by atoms with Gasteiger partial charge < -0.3 is 25.2 Å². The number of aliphatic hydroxyl groups is 1. The highest BCUT2D eigenvalue weighted by atomic mass is 16.6. The normalized spacial score (nSPS) is 18.6. The van der Waals surface area contributed by atoms with Crippen molar-refractivity contribution < 1.29 is 29.3 Å². The highest BCUT2D eigenvalue weighted by Crippen LogP contribution is 2.26. The average Bonchev–Trinajstić information content (AvgIpc) is 2.56. The third-order valence-corrected chi connectivity index (χ3v) is 4.47. The van der Waals surface area contributed by atoms with Crippen LogP contribution >= 0.6 is 0 Å². The molecule has 1 aliphatic rings. The Labute approximate surface area is 164 Å². The molecule has 154 valence electrons. The van der Waals surface area contributed by atoms with Crippen molar-refractivity contribution in [1.82, 2.24) is 10.2 Å². The number of carboxylic acid groups (broad SMARTS) is 1. The van der Waals surface area contributed by atoms with Crippen LogP contribution in [0.2, 0.25) is 0 Å². The molecular weight excluding hydrogens is 364 g/mol. The number of alkyl carbamates (subject to hydrolysis) is 1. The summed E-state index contributed by atoms with van der Waals surface area (Å²) in [6.07, 6.45) is -1.83. The third-order valence-electron chi connectivity index (χ3n) is 4.47. The van der Waals surface area contributed by atoms with Gasteiger partial charge in [0.25, 0.3) is 0 Å². The molecule has 0 bridgehead atoms. The van der Waals surface area contributed by atoms with Crippen LogP contribution in [0.5, 0.6) is 0 Å². The van der Waals surface area contributed by atoms with Crippen molar-refractivity contribution in [2.45, 2.75) is 70.9 Å². The summed E-state index contributed by atoms with van der Waals surface area (Å²) in [5, 5.41) is 21.8. The summed E-state index contributed by atoms with van der Waals surface area (Å²) >= 11 is 0. The number of carbonyl (C=O) groups is 3. The van der Waals surface area contributed by atoms with Crippen LogP contribution in [0.15, 0.2) is 24.3 Å². The average molecular weight is 392 g/mol. The van der Waals surface area contributed by atoms with Gasteiger partial charge in [0.2, 0.25) is 5.91 Å². The number of aliphatic carboxylic acids is 1. The highest BCUT2D eigenvalue weighted by molar-refractivity contribution is 5.87. The minimum atomic E-state index is -1.24. The number of fused-ring (bicyclic) bond motifs is 1. The van der Waals surface area contributed by atoms with Gasteiger partial charge in [0.05, 0.1) is 12.5 Å². The molecule has 1 aliphatic heterocycles. The minimum Gasteiger partial charge on any atom is -0.481 e. The first-order valence-corrected chi connectivity index (χ1v) is 9.24. The van der Waals surface area contributed by atoms with Crippen molar-refractivity contribution in [2.24, 2.45) is 0 Å². The van der Waals surface area contributed by atoms with Crippen molar-refractivity contribution >= 4 is 18.0 Å². The van der Waals surface area contributed by atoms with Gasteiger partial charge in [-0.05, 0) is 45.2 Å². The van der Waals surface area contributed by atoms with Gasteiger partial charge >= 0.3 is 12.1 Å². The predicted octanol–water partition coefficient (Wildman–Crippen LogP) is 1.69. The number of amides is 2. The Balaban J connectivity index is 2.25. The fourth-order valence-corrected chi connectivity index (χ4v) is 3.23. The molecule has 3 N–H and O–H groups in total. The van der Waals surface area contributed by atoms with E-state index in [1.807, 2.05) is 24.3 Å². The van der Waals surface area contributed by atoms with Crippen LogP contribution < -0.4 is 5.32 Å². The number of nitrogens with one attached hydrogen (secondary N) is 1. The molecule has 2 unspecified atom stereocenters. The number of nitrogens with zero attached hydrogens (tertiary/aromatic N) is 1. The first-order chi connectivity index (χ1) is 13.0. The van der Waals surface area contributed by atoms with E-state index in [4.69, 9.17) is 4.74 Å². The molecule has 1 aromatic rings. The molecule has 0 aromatic heterocycles. The van der Waals surface area contributed by atoms with E-state index in [9.17, 15) is 24.6 Å². The van der Waals surface area contributed by atoms with Gasteiger partial charge in [0.1, 0.15) is 11.6 Å². The minimum absolute atomic E-state index is 0.214. The van der Waals surface area contributed by atoms with Gasteiger partial charge in [-0.15, -0.1) is 0 Å². The van der Waals surface area contributed by atoms with E-state index in [2.05, 4.69) is 5.32 Å². The zero-order valence-electron chi connectivity index (χ0n) is 16.6. The van der Waals surface area contributed by atoms with Crippen molar-refractivity contribution in [3.63, 3.8) is 0 Å². The molecular formula is C20H28N2O6. The second-order valence-electron chi connectivity index (χ2n) is 8.06. The Morgan fingerprint density at radius 1 is 1.25 bits per heavy atom. The van der Waals surface area contributed by atoms with Gasteiger partial charge in [-0.25, -0.2) is 4.79 Å². The van der Waals surface area contributed by atoms with E-state index < -0.39 is 41.8 Å². The zero-order valence-corrected chi connectivity index (χ0v) is 16.6. The monoisotopic (exact) mass is 392 g/mol. The fourth-order valence-electron chi connectivity index (χ4n) is 3.23. The molecule has 0 aliphatic carbocycles. The first-order valence-electron chi connectivity index (χ1n) is 9.24. The van der Waals surface area contributed by atoms with Crippen LogP contribution in [0.3, 0.4) is 0 Å². The Bertz CT molecular complexity index is 740. The topological polar surface area (TPSA) is 116 Å². The maximum atomic E-state index is 13.1. The van der Waals surface area contributed by atoms with Crippen LogP contribution in [-0.4, -0.2) is 56.9 Å². The number of benzene rings is 1. The second kappa shape index (κ2) is 8.60. The maximum absolute atomic E-state index is 13.1. The molecule has 1 heterocycles. The number of carboxylic acids is 1. The summed E-state index contributed by atoms with van der Waals surface area (Å²) < 4.78 is 5.18. The van der Waals surface area contributed by atoms with Gasteiger partial charge in [-0.3, -0.25) is 9.59 Å². The maximum Gasteiger partial charge on any atom is 0.408 e. The SMILES string of the molecule is CC(O)C(NC(=O)OC(C)(C)C)C(=O)N1Cc2ccccc2C[C@@H]1CC(=O)O. The third kappa shape index (κ3) is 5.69. The largest absolute Gasteiger partial charge is 0.481 e. The van der Waals surface area contributed by atoms with Gasteiger partial charge in [0, 0.05) is 12.6 Å². The van der Waals surface area contributed by atoms with E-state index in [0.29, 0.717) is 6.42 Å². The van der Waals surface area contributed by atoms with E-state index in [1.165, 1.54) is 11.8 Å². The van der Waals surface area contributed by atoms with Crippen LogP contribution in [0.25, 0.3) is 0 Å². The first kappa shape index (κ1) is 21.7. The zero-order chi connectivity index (χ0) is 21.1. The Hall–Kier alpha value is -2.61. The molecule has 0 saturated carbocycles. The summed E-state index contributed by atoms with van der Waals surface area (Å²) in [6.45, 7) is 6.68. The molecule has 28 heavy (non-hydrogen) atoms. The second-order valence-corrected chi connectivity index (χ2v) is 8.06. The number of ether oxygens (including phenoxy) is 1. The number of rotatable bonds is 5. The number of hydrogen-bond acceptors (Lipinski definition) is 5. The summed E-state index contributed by atoms with van der Waals surface area (Å²) in [5.74, 6) is -1.56. The molecule has 2 amide bonds. The number of aliphatic hydroxyl groups excluding tert-OH is 1. The fraction of sp³-hybridized carbons (Fsp3) is 0.550. The Morgan fingerprint density at radius 2 is 1.86 bits per heavy atom. The molecule has 3 atom stereocenters. The summed E-state index contributed by atoms with van der Waals surface area (Å²) in [7, 11) is 0. The van der Waals surface area contributed by atoms with Crippen molar-refractivity contribution in [3.05, 3.63) is 35.4 Å². The summed E-state index contributed by atoms with van der Waals surface area (Å²) in [4.78, 5) is 38.0. The number of hydrogen-bond donors (Lipinski definition) is 3. The molecule has 0 radical (unpaired) electrons.